The maximum Gasteiger partial charge on any atom is 0.166 e. The molecule has 0 fully saturated rings. The molecule has 0 atom stereocenters. The summed E-state index contributed by atoms with van der Waals surface area (Å²) in [5.74, 6) is -0.776. The molecule has 0 saturated heterocycles. The first-order valence-electron chi connectivity index (χ1n) is 7.13. The molecule has 2 rings (SSSR count). The standard InChI is InChI=1S/C19H17FN2O/c1-13(14-5-4-8-18(22)15(11-14)12-21)9-10-19(23)16-6-2-3-7-17(16)20/h2-3,5-8,11-12,21H,1,9-10,22H2. The van der Waals surface area contributed by atoms with Gasteiger partial charge in [0.25, 0.3) is 0 Å². The number of carbonyl (C=O) groups is 1. The minimum atomic E-state index is -0.513. The minimum Gasteiger partial charge on any atom is -0.398 e. The van der Waals surface area contributed by atoms with Crippen LogP contribution in [0.5, 0.6) is 0 Å². The number of benzene rings is 1. The summed E-state index contributed by atoms with van der Waals surface area (Å²) >= 11 is 0. The summed E-state index contributed by atoms with van der Waals surface area (Å²) in [5, 5.41) is 7.37. The second kappa shape index (κ2) is 7.34. The van der Waals surface area contributed by atoms with Crippen molar-refractivity contribution in [1.82, 2.24) is 0 Å². The summed E-state index contributed by atoms with van der Waals surface area (Å²) in [6.45, 7) is 3.96. The zero-order chi connectivity index (χ0) is 16.8. The van der Waals surface area contributed by atoms with Gasteiger partial charge in [-0.15, -0.1) is 5.73 Å². The summed E-state index contributed by atoms with van der Waals surface area (Å²) in [4.78, 5) is 12.1. The molecule has 0 amide bonds. The number of ketones is 1. The average molecular weight is 308 g/mol. The minimum absolute atomic E-state index is 0.0925. The van der Waals surface area contributed by atoms with E-state index in [1.54, 1.807) is 30.4 Å². The third-order valence-electron chi connectivity index (χ3n) is 3.51. The lowest BCUT2D eigenvalue weighted by Crippen LogP contribution is -2.03. The summed E-state index contributed by atoms with van der Waals surface area (Å²) in [7, 11) is 0. The summed E-state index contributed by atoms with van der Waals surface area (Å²) in [6.07, 6.45) is 6.73. The Morgan fingerprint density at radius 1 is 1.30 bits per heavy atom. The van der Waals surface area contributed by atoms with E-state index in [0.29, 0.717) is 23.3 Å². The molecule has 4 heteroatoms. The quantitative estimate of drug-likeness (QED) is 0.476. The normalized spacial score (nSPS) is 13.5. The molecule has 1 aliphatic rings. The Hall–Kier alpha value is -2.97. The predicted molar refractivity (Wildman–Crippen MR) is 89.8 cm³/mol. The largest absolute Gasteiger partial charge is 0.398 e. The Morgan fingerprint density at radius 2 is 2.04 bits per heavy atom. The Kier molecular flexibility index (Phi) is 5.23. The lowest BCUT2D eigenvalue weighted by Gasteiger charge is -2.07. The van der Waals surface area contributed by atoms with Crippen LogP contribution in [0.1, 0.15) is 23.2 Å². The smallest absolute Gasteiger partial charge is 0.166 e. The number of halogens is 1. The monoisotopic (exact) mass is 308 g/mol. The molecule has 23 heavy (non-hydrogen) atoms. The van der Waals surface area contributed by atoms with Crippen LogP contribution < -0.4 is 5.73 Å². The molecule has 0 bridgehead atoms. The second-order valence-corrected chi connectivity index (χ2v) is 5.12. The third kappa shape index (κ3) is 4.02. The van der Waals surface area contributed by atoms with Crippen molar-refractivity contribution in [2.24, 2.45) is 5.73 Å². The van der Waals surface area contributed by atoms with Gasteiger partial charge in [0.1, 0.15) is 5.82 Å². The predicted octanol–water partition coefficient (Wildman–Crippen LogP) is 3.86. The van der Waals surface area contributed by atoms with Crippen molar-refractivity contribution in [3.8, 4) is 0 Å². The van der Waals surface area contributed by atoms with Gasteiger partial charge in [-0.1, -0.05) is 18.7 Å². The fourth-order valence-electron chi connectivity index (χ4n) is 2.16. The molecule has 0 heterocycles. The number of nitrogens with one attached hydrogen (secondary N) is 1. The van der Waals surface area contributed by atoms with E-state index in [1.165, 1.54) is 12.1 Å². The maximum atomic E-state index is 13.6. The molecule has 0 spiro atoms. The van der Waals surface area contributed by atoms with Crippen molar-refractivity contribution in [2.45, 2.75) is 12.8 Å². The van der Waals surface area contributed by atoms with E-state index in [-0.39, 0.29) is 17.8 Å². The van der Waals surface area contributed by atoms with Gasteiger partial charge in [-0.05, 0) is 41.9 Å². The molecular formula is C19H17FN2O. The van der Waals surface area contributed by atoms with Gasteiger partial charge in [0.2, 0.25) is 0 Å². The lowest BCUT2D eigenvalue weighted by molar-refractivity contribution is 0.0979. The SMILES string of the molecule is C=C(CCC(=O)c1ccccc1F)C1=CC(C=N)=C(N)C=C=C1. The molecule has 1 aliphatic carbocycles. The van der Waals surface area contributed by atoms with Gasteiger partial charge in [0.15, 0.2) is 5.78 Å². The highest BCUT2D eigenvalue weighted by Crippen LogP contribution is 2.21. The van der Waals surface area contributed by atoms with Gasteiger partial charge in [-0.3, -0.25) is 4.79 Å². The van der Waals surface area contributed by atoms with Crippen LogP contribution >= 0.6 is 0 Å². The van der Waals surface area contributed by atoms with Gasteiger partial charge in [0.05, 0.1) is 5.56 Å². The van der Waals surface area contributed by atoms with Gasteiger partial charge in [-0.2, -0.15) is 0 Å². The van der Waals surface area contributed by atoms with Crippen molar-refractivity contribution in [1.29, 1.82) is 5.41 Å². The zero-order valence-electron chi connectivity index (χ0n) is 12.6. The average Bonchev–Trinajstić information content (AvgIpc) is 2.74. The van der Waals surface area contributed by atoms with Crippen molar-refractivity contribution >= 4 is 12.0 Å². The third-order valence-corrected chi connectivity index (χ3v) is 3.51. The first-order valence-corrected chi connectivity index (χ1v) is 7.13. The number of allylic oxidation sites excluding steroid dienone is 5. The van der Waals surface area contributed by atoms with E-state index in [4.69, 9.17) is 11.1 Å². The molecule has 1 aromatic rings. The van der Waals surface area contributed by atoms with Crippen LogP contribution in [0.3, 0.4) is 0 Å². The Bertz CT molecular complexity index is 793. The van der Waals surface area contributed by atoms with E-state index < -0.39 is 5.82 Å². The number of nitrogens with two attached hydrogens (primary N) is 1. The summed E-state index contributed by atoms with van der Waals surface area (Å²) < 4.78 is 13.6. The van der Waals surface area contributed by atoms with Crippen LogP contribution in [0.2, 0.25) is 0 Å². The summed E-state index contributed by atoms with van der Waals surface area (Å²) in [6, 6.07) is 5.93. The number of Topliss-reactive ketones (excluding diaryl/α,β-unsaturated/α-hetero) is 1. The zero-order valence-corrected chi connectivity index (χ0v) is 12.6. The Morgan fingerprint density at radius 3 is 2.74 bits per heavy atom. The van der Waals surface area contributed by atoms with E-state index in [0.717, 1.165) is 11.8 Å². The van der Waals surface area contributed by atoms with E-state index in [9.17, 15) is 9.18 Å². The molecule has 1 aromatic carbocycles. The molecule has 116 valence electrons. The van der Waals surface area contributed by atoms with Crippen molar-refractivity contribution in [3.05, 3.63) is 88.6 Å². The molecule has 0 saturated carbocycles. The van der Waals surface area contributed by atoms with Crippen LogP contribution in [0.4, 0.5) is 4.39 Å². The van der Waals surface area contributed by atoms with Crippen molar-refractivity contribution in [3.63, 3.8) is 0 Å². The van der Waals surface area contributed by atoms with Crippen molar-refractivity contribution < 1.29 is 9.18 Å². The maximum absolute atomic E-state index is 13.6. The van der Waals surface area contributed by atoms with Gasteiger partial charge in [-0.25, -0.2) is 4.39 Å². The fraction of sp³-hybridized carbons (Fsp3) is 0.105. The number of hydrogen-bond acceptors (Lipinski definition) is 3. The highest BCUT2D eigenvalue weighted by Gasteiger charge is 2.12. The van der Waals surface area contributed by atoms with E-state index in [2.05, 4.69) is 12.3 Å². The molecule has 0 aromatic heterocycles. The van der Waals surface area contributed by atoms with Crippen LogP contribution in [-0.2, 0) is 0 Å². The fourth-order valence-corrected chi connectivity index (χ4v) is 2.16. The van der Waals surface area contributed by atoms with Gasteiger partial charge >= 0.3 is 0 Å². The van der Waals surface area contributed by atoms with Crippen LogP contribution in [0.25, 0.3) is 0 Å². The number of carbonyl (C=O) groups excluding carboxylic acids is 1. The molecular weight excluding hydrogens is 291 g/mol. The Balaban J connectivity index is 2.09. The Labute approximate surface area is 134 Å². The van der Waals surface area contributed by atoms with E-state index in [1.807, 2.05) is 0 Å². The molecule has 3 nitrogen and oxygen atoms in total. The highest BCUT2D eigenvalue weighted by molar-refractivity contribution is 5.96. The lowest BCUT2D eigenvalue weighted by atomic mass is 9.97. The second-order valence-electron chi connectivity index (χ2n) is 5.12. The molecule has 0 unspecified atom stereocenters. The van der Waals surface area contributed by atoms with Crippen LogP contribution in [0.15, 0.2) is 77.2 Å². The summed E-state index contributed by atoms with van der Waals surface area (Å²) in [5.41, 5.74) is 11.3. The van der Waals surface area contributed by atoms with Crippen molar-refractivity contribution in [2.75, 3.05) is 0 Å². The first-order chi connectivity index (χ1) is 11.0. The van der Waals surface area contributed by atoms with Gasteiger partial charge in [0, 0.05) is 30.0 Å². The van der Waals surface area contributed by atoms with E-state index >= 15 is 0 Å². The molecule has 0 aliphatic heterocycles. The van der Waals surface area contributed by atoms with Crippen LogP contribution in [0, 0.1) is 11.2 Å². The van der Waals surface area contributed by atoms with Gasteiger partial charge < -0.3 is 11.1 Å². The first kappa shape index (κ1) is 16.4. The molecule has 3 N–H and O–H groups in total. The number of hydrogen-bond donors (Lipinski definition) is 2. The molecule has 0 radical (unpaired) electrons. The van der Waals surface area contributed by atoms with Crippen LogP contribution in [-0.4, -0.2) is 12.0 Å². The number of rotatable bonds is 6. The topological polar surface area (TPSA) is 66.9 Å². The highest BCUT2D eigenvalue weighted by atomic mass is 19.1.